The van der Waals surface area contributed by atoms with E-state index in [0.29, 0.717) is 0 Å². The Labute approximate surface area is 165 Å². The zero-order valence-electron chi connectivity index (χ0n) is 16.1. The number of aromatic hydroxyl groups is 2. The van der Waals surface area contributed by atoms with Gasteiger partial charge in [0.15, 0.2) is 0 Å². The molecule has 0 spiro atoms. The van der Waals surface area contributed by atoms with E-state index in [9.17, 15) is 10.2 Å². The van der Waals surface area contributed by atoms with Crippen molar-refractivity contribution < 1.29 is 19.7 Å². The summed E-state index contributed by atoms with van der Waals surface area (Å²) < 4.78 is 10.9. The van der Waals surface area contributed by atoms with Gasteiger partial charge in [-0.2, -0.15) is 0 Å². The Balaban J connectivity index is 1.65. The lowest BCUT2D eigenvalue weighted by atomic mass is 9.94. The zero-order chi connectivity index (χ0) is 19.3. The highest BCUT2D eigenvalue weighted by molar-refractivity contribution is 5.72. The molecule has 2 aliphatic rings. The Hall–Kier alpha value is -2.12. The molecule has 0 aromatic heterocycles. The normalized spacial score (nSPS) is 19.0. The zero-order valence-corrected chi connectivity index (χ0v) is 16.1. The van der Waals surface area contributed by atoms with Gasteiger partial charge in [-0.3, -0.25) is 9.80 Å². The van der Waals surface area contributed by atoms with Crippen LogP contribution in [0.1, 0.15) is 11.1 Å². The van der Waals surface area contributed by atoms with Gasteiger partial charge in [0.2, 0.25) is 0 Å². The second-order valence-electron chi connectivity index (χ2n) is 7.46. The number of nitrogens with zero attached hydrogens (tertiary/aromatic N) is 2. The molecule has 28 heavy (non-hydrogen) atoms. The van der Waals surface area contributed by atoms with Crippen molar-refractivity contribution in [2.45, 2.75) is 13.1 Å². The first kappa shape index (κ1) is 19.2. The van der Waals surface area contributed by atoms with Crippen molar-refractivity contribution in [1.82, 2.24) is 9.80 Å². The molecular formula is C22H28N2O4. The highest BCUT2D eigenvalue weighted by Crippen LogP contribution is 2.33. The molecular weight excluding hydrogens is 356 g/mol. The SMILES string of the molecule is Oc1ccc(-c2ccc(O)cc2CN2CCOCC2)c(CN2CCOCC2)c1. The number of ether oxygens (including phenoxy) is 2. The molecule has 0 aliphatic carbocycles. The van der Waals surface area contributed by atoms with Gasteiger partial charge in [-0.25, -0.2) is 0 Å². The molecule has 6 nitrogen and oxygen atoms in total. The van der Waals surface area contributed by atoms with Crippen molar-refractivity contribution in [1.29, 1.82) is 0 Å². The highest BCUT2D eigenvalue weighted by Gasteiger charge is 2.18. The standard InChI is InChI=1S/C22H28N2O4/c25-19-1-3-21(17(13-19)15-23-5-9-27-10-6-23)22-4-2-20(26)14-18(22)16-24-7-11-28-12-8-24/h1-4,13-14,25-26H,5-12,15-16H2. The molecule has 0 saturated carbocycles. The fourth-order valence-corrected chi connectivity index (χ4v) is 3.95. The number of hydrogen-bond donors (Lipinski definition) is 2. The fourth-order valence-electron chi connectivity index (χ4n) is 3.95. The summed E-state index contributed by atoms with van der Waals surface area (Å²) >= 11 is 0. The number of benzene rings is 2. The predicted octanol–water partition coefficient (Wildman–Crippen LogP) is 2.43. The van der Waals surface area contributed by atoms with E-state index in [1.165, 1.54) is 0 Å². The maximum atomic E-state index is 10.1. The highest BCUT2D eigenvalue weighted by atomic mass is 16.5. The molecule has 2 aromatic rings. The predicted molar refractivity (Wildman–Crippen MR) is 107 cm³/mol. The molecule has 2 fully saturated rings. The summed E-state index contributed by atoms with van der Waals surface area (Å²) in [5, 5.41) is 20.2. The number of hydrogen-bond acceptors (Lipinski definition) is 6. The molecule has 0 radical (unpaired) electrons. The Kier molecular flexibility index (Phi) is 6.12. The van der Waals surface area contributed by atoms with Gasteiger partial charge in [0.05, 0.1) is 26.4 Å². The van der Waals surface area contributed by atoms with Crippen LogP contribution in [0.15, 0.2) is 36.4 Å². The molecule has 6 heteroatoms. The van der Waals surface area contributed by atoms with E-state index in [1.807, 2.05) is 24.3 Å². The lowest BCUT2D eigenvalue weighted by Gasteiger charge is -2.29. The lowest BCUT2D eigenvalue weighted by Crippen LogP contribution is -2.36. The Bertz CT molecular complexity index is 732. The average molecular weight is 384 g/mol. The van der Waals surface area contributed by atoms with E-state index in [4.69, 9.17) is 9.47 Å². The van der Waals surface area contributed by atoms with Gasteiger partial charge in [-0.05, 0) is 46.5 Å². The molecule has 2 N–H and O–H groups in total. The van der Waals surface area contributed by atoms with Gasteiger partial charge in [0.1, 0.15) is 11.5 Å². The molecule has 2 heterocycles. The van der Waals surface area contributed by atoms with Gasteiger partial charge in [0, 0.05) is 39.3 Å². The van der Waals surface area contributed by atoms with Crippen LogP contribution in [0.5, 0.6) is 11.5 Å². The number of phenolic OH excluding ortho intramolecular Hbond substituents is 2. The molecule has 0 amide bonds. The topological polar surface area (TPSA) is 65.4 Å². The third kappa shape index (κ3) is 4.64. The maximum absolute atomic E-state index is 10.1. The maximum Gasteiger partial charge on any atom is 0.115 e. The largest absolute Gasteiger partial charge is 0.508 e. The third-order valence-corrected chi connectivity index (χ3v) is 5.46. The minimum absolute atomic E-state index is 0.278. The van der Waals surface area contributed by atoms with Crippen LogP contribution in [-0.2, 0) is 22.6 Å². The van der Waals surface area contributed by atoms with Crippen LogP contribution in [0.25, 0.3) is 11.1 Å². The summed E-state index contributed by atoms with van der Waals surface area (Å²) in [6.45, 7) is 8.10. The first-order valence-corrected chi connectivity index (χ1v) is 9.93. The monoisotopic (exact) mass is 384 g/mol. The summed E-state index contributed by atoms with van der Waals surface area (Å²) in [6.07, 6.45) is 0. The minimum atomic E-state index is 0.278. The van der Waals surface area contributed by atoms with Crippen LogP contribution < -0.4 is 0 Å². The molecule has 2 aliphatic heterocycles. The number of morpholine rings is 2. The van der Waals surface area contributed by atoms with E-state index in [0.717, 1.165) is 87.9 Å². The van der Waals surface area contributed by atoms with Gasteiger partial charge < -0.3 is 19.7 Å². The number of rotatable bonds is 5. The van der Waals surface area contributed by atoms with E-state index in [2.05, 4.69) is 9.80 Å². The first-order chi connectivity index (χ1) is 13.7. The Morgan fingerprint density at radius 3 is 1.43 bits per heavy atom. The van der Waals surface area contributed by atoms with E-state index in [-0.39, 0.29) is 11.5 Å². The van der Waals surface area contributed by atoms with Crippen molar-refractivity contribution >= 4 is 0 Å². The molecule has 0 bridgehead atoms. The van der Waals surface area contributed by atoms with Crippen LogP contribution in [0.4, 0.5) is 0 Å². The summed E-state index contributed by atoms with van der Waals surface area (Å²) in [5.74, 6) is 0.557. The quantitative estimate of drug-likeness (QED) is 0.826. The fraction of sp³-hybridized carbons (Fsp3) is 0.455. The smallest absolute Gasteiger partial charge is 0.115 e. The summed E-state index contributed by atoms with van der Waals surface area (Å²) in [7, 11) is 0. The minimum Gasteiger partial charge on any atom is -0.508 e. The van der Waals surface area contributed by atoms with Crippen molar-refractivity contribution in [2.75, 3.05) is 52.6 Å². The van der Waals surface area contributed by atoms with Gasteiger partial charge in [0.25, 0.3) is 0 Å². The molecule has 150 valence electrons. The van der Waals surface area contributed by atoms with Gasteiger partial charge >= 0.3 is 0 Å². The molecule has 2 saturated heterocycles. The molecule has 0 atom stereocenters. The molecule has 0 unspecified atom stereocenters. The summed E-state index contributed by atoms with van der Waals surface area (Å²) in [6, 6.07) is 11.2. The van der Waals surface area contributed by atoms with Crippen LogP contribution in [-0.4, -0.2) is 72.6 Å². The summed E-state index contributed by atoms with van der Waals surface area (Å²) in [4.78, 5) is 4.70. The average Bonchev–Trinajstić information content (AvgIpc) is 2.71. The van der Waals surface area contributed by atoms with Crippen molar-refractivity contribution in [3.05, 3.63) is 47.5 Å². The van der Waals surface area contributed by atoms with Crippen molar-refractivity contribution in [2.24, 2.45) is 0 Å². The second kappa shape index (κ2) is 8.92. The Morgan fingerprint density at radius 2 is 1.04 bits per heavy atom. The lowest BCUT2D eigenvalue weighted by molar-refractivity contribution is 0.0339. The van der Waals surface area contributed by atoms with Gasteiger partial charge in [-0.1, -0.05) is 12.1 Å². The van der Waals surface area contributed by atoms with E-state index < -0.39 is 0 Å². The second-order valence-corrected chi connectivity index (χ2v) is 7.46. The van der Waals surface area contributed by atoms with E-state index in [1.54, 1.807) is 12.1 Å². The van der Waals surface area contributed by atoms with Crippen molar-refractivity contribution in [3.63, 3.8) is 0 Å². The number of phenols is 2. The van der Waals surface area contributed by atoms with Gasteiger partial charge in [-0.15, -0.1) is 0 Å². The van der Waals surface area contributed by atoms with E-state index >= 15 is 0 Å². The Morgan fingerprint density at radius 1 is 0.643 bits per heavy atom. The van der Waals surface area contributed by atoms with Crippen LogP contribution in [0, 0.1) is 0 Å². The summed E-state index contributed by atoms with van der Waals surface area (Å²) in [5.41, 5.74) is 4.40. The molecule has 4 rings (SSSR count). The van der Waals surface area contributed by atoms with Crippen LogP contribution in [0.2, 0.25) is 0 Å². The molecule has 2 aromatic carbocycles. The first-order valence-electron chi connectivity index (χ1n) is 9.93. The van der Waals surface area contributed by atoms with Crippen LogP contribution in [0.3, 0.4) is 0 Å². The van der Waals surface area contributed by atoms with Crippen molar-refractivity contribution in [3.8, 4) is 22.6 Å². The third-order valence-electron chi connectivity index (χ3n) is 5.46. The van der Waals surface area contributed by atoms with Crippen LogP contribution >= 0.6 is 0 Å².